The van der Waals surface area contributed by atoms with Gasteiger partial charge in [0.25, 0.3) is 0 Å². The highest BCUT2D eigenvalue weighted by Gasteiger charge is 2.03. The number of rotatable bonds is 11. The van der Waals surface area contributed by atoms with E-state index in [0.29, 0.717) is 5.75 Å². The Balaban J connectivity index is 2.05. The number of unbranched alkanes of at least 4 members (excludes halogenated alkanes) is 3. The molecular weight excluding hydrogens is 257 g/mol. The average Bonchev–Trinajstić information content (AvgIpc) is 2.46. The molecule has 0 bridgehead atoms. The second kappa shape index (κ2) is 10.6. The summed E-state index contributed by atoms with van der Waals surface area (Å²) in [4.78, 5) is 0. The van der Waals surface area contributed by atoms with Gasteiger partial charge in [0.1, 0.15) is 0 Å². The Kier molecular flexibility index (Phi) is 9.00. The highest BCUT2D eigenvalue weighted by atomic mass is 19.1. The maximum atomic E-state index is 13.5. The van der Waals surface area contributed by atoms with Crippen LogP contribution in [0.15, 0.2) is 18.2 Å². The van der Waals surface area contributed by atoms with Crippen LogP contribution >= 0.6 is 0 Å². The molecule has 20 heavy (non-hydrogen) atoms. The van der Waals surface area contributed by atoms with Crippen LogP contribution in [0.2, 0.25) is 0 Å². The lowest BCUT2D eigenvalue weighted by Crippen LogP contribution is -2.20. The van der Waals surface area contributed by atoms with Crippen molar-refractivity contribution in [1.29, 1.82) is 0 Å². The van der Waals surface area contributed by atoms with Gasteiger partial charge >= 0.3 is 0 Å². The van der Waals surface area contributed by atoms with Crippen molar-refractivity contribution in [3.8, 4) is 5.75 Å². The highest BCUT2D eigenvalue weighted by molar-refractivity contribution is 5.29. The number of benzene rings is 1. The molecular formula is C16H26FNO2. The first-order valence-corrected chi connectivity index (χ1v) is 7.30. The molecule has 0 aliphatic rings. The Morgan fingerprint density at radius 2 is 1.85 bits per heavy atom. The number of halogens is 1. The summed E-state index contributed by atoms with van der Waals surface area (Å²) in [6, 6.07) is 5.21. The van der Waals surface area contributed by atoms with E-state index < -0.39 is 0 Å². The zero-order chi connectivity index (χ0) is 14.6. The largest absolute Gasteiger partial charge is 0.494 e. The van der Waals surface area contributed by atoms with Crippen molar-refractivity contribution in [2.45, 2.75) is 32.1 Å². The van der Waals surface area contributed by atoms with Gasteiger partial charge in [-0.15, -0.1) is 0 Å². The number of aryl methyl sites for hydroxylation is 1. The van der Waals surface area contributed by atoms with Gasteiger partial charge in [0.15, 0.2) is 11.6 Å². The minimum Gasteiger partial charge on any atom is -0.494 e. The molecule has 0 radical (unpaired) electrons. The summed E-state index contributed by atoms with van der Waals surface area (Å²) < 4.78 is 23.4. The molecule has 1 N–H and O–H groups in total. The van der Waals surface area contributed by atoms with Crippen molar-refractivity contribution < 1.29 is 13.9 Å². The Labute approximate surface area is 121 Å². The van der Waals surface area contributed by atoms with Crippen molar-refractivity contribution in [3.05, 3.63) is 29.6 Å². The summed E-state index contributed by atoms with van der Waals surface area (Å²) in [5.41, 5.74) is 1.04. The van der Waals surface area contributed by atoms with E-state index in [1.807, 2.05) is 6.07 Å². The van der Waals surface area contributed by atoms with Gasteiger partial charge in [-0.3, -0.25) is 0 Å². The van der Waals surface area contributed by atoms with Crippen molar-refractivity contribution in [3.63, 3.8) is 0 Å². The first kappa shape index (κ1) is 16.9. The molecule has 0 saturated heterocycles. The smallest absolute Gasteiger partial charge is 0.165 e. The van der Waals surface area contributed by atoms with Crippen LogP contribution < -0.4 is 10.1 Å². The minimum atomic E-state index is -0.271. The van der Waals surface area contributed by atoms with Crippen LogP contribution in [0.1, 0.15) is 31.2 Å². The quantitative estimate of drug-likeness (QED) is 0.633. The third kappa shape index (κ3) is 6.87. The molecule has 114 valence electrons. The van der Waals surface area contributed by atoms with Gasteiger partial charge in [-0.1, -0.05) is 18.9 Å². The molecule has 1 aromatic rings. The lowest BCUT2D eigenvalue weighted by atomic mass is 10.1. The molecule has 0 saturated carbocycles. The van der Waals surface area contributed by atoms with Crippen molar-refractivity contribution in [2.24, 2.45) is 0 Å². The molecule has 1 rings (SSSR count). The second-order valence-electron chi connectivity index (χ2n) is 4.88. The van der Waals surface area contributed by atoms with Crippen LogP contribution in [-0.4, -0.2) is 33.9 Å². The number of hydrogen-bond acceptors (Lipinski definition) is 3. The van der Waals surface area contributed by atoms with Crippen molar-refractivity contribution in [2.75, 3.05) is 33.9 Å². The van der Waals surface area contributed by atoms with E-state index >= 15 is 0 Å². The fraction of sp³-hybridized carbons (Fsp3) is 0.625. The Bertz CT molecular complexity index is 371. The van der Waals surface area contributed by atoms with Gasteiger partial charge < -0.3 is 14.8 Å². The number of methoxy groups -OCH3 is 2. The van der Waals surface area contributed by atoms with E-state index in [-0.39, 0.29) is 5.82 Å². The topological polar surface area (TPSA) is 30.5 Å². The zero-order valence-corrected chi connectivity index (χ0v) is 12.6. The summed E-state index contributed by atoms with van der Waals surface area (Å²) in [6.45, 7) is 2.73. The van der Waals surface area contributed by atoms with Gasteiger partial charge in [-0.25, -0.2) is 4.39 Å². The van der Waals surface area contributed by atoms with E-state index in [4.69, 9.17) is 9.47 Å². The SMILES string of the molecule is COCCNCCCCCCc1ccc(OC)c(F)c1. The van der Waals surface area contributed by atoms with Crippen molar-refractivity contribution in [1.82, 2.24) is 5.32 Å². The maximum Gasteiger partial charge on any atom is 0.165 e. The van der Waals surface area contributed by atoms with Gasteiger partial charge in [0.05, 0.1) is 13.7 Å². The monoisotopic (exact) mass is 283 g/mol. The van der Waals surface area contributed by atoms with E-state index in [2.05, 4.69) is 5.32 Å². The third-order valence-corrected chi connectivity index (χ3v) is 3.27. The molecule has 0 spiro atoms. The number of ether oxygens (including phenoxy) is 2. The predicted octanol–water partition coefficient (Wildman–Crippen LogP) is 3.17. The summed E-state index contributed by atoms with van der Waals surface area (Å²) in [5, 5.41) is 3.33. The third-order valence-electron chi connectivity index (χ3n) is 3.27. The molecule has 1 aromatic carbocycles. The molecule has 0 aliphatic carbocycles. The zero-order valence-electron chi connectivity index (χ0n) is 12.6. The Hall–Kier alpha value is -1.13. The number of hydrogen-bond donors (Lipinski definition) is 1. The second-order valence-corrected chi connectivity index (χ2v) is 4.88. The molecule has 0 amide bonds. The van der Waals surface area contributed by atoms with E-state index in [9.17, 15) is 4.39 Å². The van der Waals surface area contributed by atoms with Crippen LogP contribution in [0, 0.1) is 5.82 Å². The van der Waals surface area contributed by atoms with Gasteiger partial charge in [-0.2, -0.15) is 0 Å². The maximum absolute atomic E-state index is 13.5. The molecule has 0 aromatic heterocycles. The van der Waals surface area contributed by atoms with E-state index in [1.165, 1.54) is 26.4 Å². The Morgan fingerprint density at radius 1 is 1.05 bits per heavy atom. The summed E-state index contributed by atoms with van der Waals surface area (Å²) in [6.07, 6.45) is 5.60. The standard InChI is InChI=1S/C16H26FNO2/c1-19-12-11-18-10-6-4-3-5-7-14-8-9-16(20-2)15(17)13-14/h8-9,13,18H,3-7,10-12H2,1-2H3. The van der Waals surface area contributed by atoms with Crippen LogP contribution in [0.25, 0.3) is 0 Å². The molecule has 0 fully saturated rings. The van der Waals surface area contributed by atoms with E-state index in [0.717, 1.165) is 38.1 Å². The minimum absolute atomic E-state index is 0.271. The summed E-state index contributed by atoms with van der Waals surface area (Å²) in [5.74, 6) is 0.0447. The van der Waals surface area contributed by atoms with Crippen LogP contribution in [0.3, 0.4) is 0 Å². The van der Waals surface area contributed by atoms with Crippen LogP contribution in [0.5, 0.6) is 5.75 Å². The molecule has 0 heterocycles. The van der Waals surface area contributed by atoms with Gasteiger partial charge in [0.2, 0.25) is 0 Å². The first-order valence-electron chi connectivity index (χ1n) is 7.30. The molecule has 3 nitrogen and oxygen atoms in total. The fourth-order valence-corrected chi connectivity index (χ4v) is 2.10. The van der Waals surface area contributed by atoms with Gasteiger partial charge in [-0.05, 0) is 43.5 Å². The molecule has 0 unspecified atom stereocenters. The predicted molar refractivity (Wildman–Crippen MR) is 79.9 cm³/mol. The normalized spacial score (nSPS) is 10.8. The van der Waals surface area contributed by atoms with Crippen LogP contribution in [-0.2, 0) is 11.2 Å². The first-order chi connectivity index (χ1) is 9.77. The Morgan fingerprint density at radius 3 is 2.55 bits per heavy atom. The van der Waals surface area contributed by atoms with Gasteiger partial charge in [0, 0.05) is 13.7 Å². The average molecular weight is 283 g/mol. The van der Waals surface area contributed by atoms with Crippen LogP contribution in [0.4, 0.5) is 4.39 Å². The molecule has 4 heteroatoms. The fourth-order valence-electron chi connectivity index (χ4n) is 2.10. The lowest BCUT2D eigenvalue weighted by molar-refractivity contribution is 0.199. The molecule has 0 aliphatic heterocycles. The van der Waals surface area contributed by atoms with Crippen molar-refractivity contribution >= 4 is 0 Å². The summed E-state index contributed by atoms with van der Waals surface area (Å²) >= 11 is 0. The number of nitrogens with one attached hydrogen (secondary N) is 1. The van der Waals surface area contributed by atoms with E-state index in [1.54, 1.807) is 19.2 Å². The molecule has 0 atom stereocenters. The lowest BCUT2D eigenvalue weighted by Gasteiger charge is -2.06. The highest BCUT2D eigenvalue weighted by Crippen LogP contribution is 2.19. The summed E-state index contributed by atoms with van der Waals surface area (Å²) in [7, 11) is 3.20.